The second-order valence-electron chi connectivity index (χ2n) is 2.55. The Morgan fingerprint density at radius 2 is 2.42 bits per heavy atom. The molecule has 1 rings (SSSR count). The molecule has 1 heterocycles. The van der Waals surface area contributed by atoms with Gasteiger partial charge in [0.25, 0.3) is 0 Å². The summed E-state index contributed by atoms with van der Waals surface area (Å²) in [6.07, 6.45) is 2.19. The van der Waals surface area contributed by atoms with Crippen LogP contribution in [0.15, 0.2) is 24.4 Å². The summed E-state index contributed by atoms with van der Waals surface area (Å²) in [5.41, 5.74) is 0.632. The van der Waals surface area contributed by atoms with Crippen molar-refractivity contribution in [3.63, 3.8) is 0 Å². The minimum atomic E-state index is -0.809. The minimum Gasteiger partial charge on any atom is -0.481 e. The van der Waals surface area contributed by atoms with Crippen LogP contribution in [0, 0.1) is 0 Å². The molecule has 1 N–H and O–H groups in total. The normalized spacial score (nSPS) is 12.4. The molecule has 1 atom stereocenters. The van der Waals surface area contributed by atoms with E-state index in [4.69, 9.17) is 5.11 Å². The molecule has 64 valence electrons. The van der Waals surface area contributed by atoms with Crippen molar-refractivity contribution in [2.45, 2.75) is 19.3 Å². The van der Waals surface area contributed by atoms with Crippen LogP contribution in [0.5, 0.6) is 0 Å². The zero-order valence-corrected chi connectivity index (χ0v) is 6.90. The lowest BCUT2D eigenvalue weighted by Gasteiger charge is -2.07. The summed E-state index contributed by atoms with van der Waals surface area (Å²) in [5.74, 6) is -1.28. The molecule has 1 unspecified atom stereocenters. The number of carboxylic acid groups (broad SMARTS) is 1. The Morgan fingerprint density at radius 1 is 1.67 bits per heavy atom. The Bertz CT molecular complexity index is 258. The molecule has 0 aliphatic heterocycles. The van der Waals surface area contributed by atoms with Gasteiger partial charge in [0, 0.05) is 6.20 Å². The van der Waals surface area contributed by atoms with E-state index in [1.54, 1.807) is 24.4 Å². The molecule has 0 aliphatic carbocycles. The number of hydrogen-bond donors (Lipinski definition) is 1. The fraction of sp³-hybridized carbons (Fsp3) is 0.333. The van der Waals surface area contributed by atoms with Crippen LogP contribution in [-0.2, 0) is 4.79 Å². The van der Waals surface area contributed by atoms with E-state index in [0.29, 0.717) is 12.1 Å². The van der Waals surface area contributed by atoms with Gasteiger partial charge >= 0.3 is 5.97 Å². The largest absolute Gasteiger partial charge is 0.481 e. The van der Waals surface area contributed by atoms with E-state index in [1.807, 2.05) is 6.92 Å². The lowest BCUT2D eigenvalue weighted by molar-refractivity contribution is -0.138. The van der Waals surface area contributed by atoms with E-state index in [1.165, 1.54) is 0 Å². The lowest BCUT2D eigenvalue weighted by atomic mass is 10.0. The molecule has 0 amide bonds. The summed E-state index contributed by atoms with van der Waals surface area (Å²) in [6.45, 7) is 1.84. The summed E-state index contributed by atoms with van der Waals surface area (Å²) in [5, 5.41) is 8.79. The number of rotatable bonds is 3. The van der Waals surface area contributed by atoms with Gasteiger partial charge in [-0.2, -0.15) is 0 Å². The van der Waals surface area contributed by atoms with Crippen LogP contribution < -0.4 is 0 Å². The molecular formula is C9H11NO2. The quantitative estimate of drug-likeness (QED) is 0.741. The van der Waals surface area contributed by atoms with Gasteiger partial charge in [0.15, 0.2) is 0 Å². The molecule has 0 spiro atoms. The monoisotopic (exact) mass is 165 g/mol. The van der Waals surface area contributed by atoms with E-state index in [-0.39, 0.29) is 0 Å². The molecule has 12 heavy (non-hydrogen) atoms. The van der Waals surface area contributed by atoms with Crippen molar-refractivity contribution < 1.29 is 9.90 Å². The van der Waals surface area contributed by atoms with E-state index >= 15 is 0 Å². The van der Waals surface area contributed by atoms with Crippen molar-refractivity contribution >= 4 is 5.97 Å². The van der Waals surface area contributed by atoms with Crippen molar-refractivity contribution in [1.29, 1.82) is 0 Å². The first-order chi connectivity index (χ1) is 5.75. The maximum Gasteiger partial charge on any atom is 0.312 e. The predicted molar refractivity (Wildman–Crippen MR) is 44.9 cm³/mol. The average molecular weight is 165 g/mol. The van der Waals surface area contributed by atoms with Crippen LogP contribution in [0.3, 0.4) is 0 Å². The fourth-order valence-corrected chi connectivity index (χ4v) is 1.09. The average Bonchev–Trinajstić information content (AvgIpc) is 2.07. The van der Waals surface area contributed by atoms with E-state index in [2.05, 4.69) is 4.98 Å². The summed E-state index contributed by atoms with van der Waals surface area (Å²) >= 11 is 0. The van der Waals surface area contributed by atoms with E-state index in [9.17, 15) is 4.79 Å². The summed E-state index contributed by atoms with van der Waals surface area (Å²) < 4.78 is 0. The van der Waals surface area contributed by atoms with Crippen LogP contribution in [0.25, 0.3) is 0 Å². The predicted octanol–water partition coefficient (Wildman–Crippen LogP) is 1.66. The van der Waals surface area contributed by atoms with Gasteiger partial charge in [0.2, 0.25) is 0 Å². The van der Waals surface area contributed by atoms with Crippen LogP contribution >= 0.6 is 0 Å². The SMILES string of the molecule is CCC(C(=O)O)c1ccccn1. The molecule has 3 heteroatoms. The van der Waals surface area contributed by atoms with Crippen molar-refractivity contribution in [3.05, 3.63) is 30.1 Å². The molecule has 0 aliphatic rings. The minimum absolute atomic E-state index is 0.466. The molecule has 0 fully saturated rings. The maximum atomic E-state index is 10.7. The molecule has 0 radical (unpaired) electrons. The van der Waals surface area contributed by atoms with Gasteiger partial charge in [0.1, 0.15) is 0 Å². The van der Waals surface area contributed by atoms with E-state index in [0.717, 1.165) is 0 Å². The number of carboxylic acids is 1. The van der Waals surface area contributed by atoms with Gasteiger partial charge in [-0.1, -0.05) is 13.0 Å². The zero-order valence-electron chi connectivity index (χ0n) is 6.90. The van der Waals surface area contributed by atoms with Crippen LogP contribution in [-0.4, -0.2) is 16.1 Å². The van der Waals surface area contributed by atoms with Gasteiger partial charge < -0.3 is 5.11 Å². The summed E-state index contributed by atoms with van der Waals surface area (Å²) in [7, 11) is 0. The standard InChI is InChI=1S/C9H11NO2/c1-2-7(9(11)12)8-5-3-4-6-10-8/h3-7H,2H2,1H3,(H,11,12). The molecule has 0 bridgehead atoms. The number of nitrogens with zero attached hydrogens (tertiary/aromatic N) is 1. The second-order valence-corrected chi connectivity index (χ2v) is 2.55. The molecule has 1 aromatic rings. The highest BCUT2D eigenvalue weighted by Crippen LogP contribution is 2.16. The first kappa shape index (κ1) is 8.71. The Labute approximate surface area is 71.1 Å². The smallest absolute Gasteiger partial charge is 0.312 e. The zero-order chi connectivity index (χ0) is 8.97. The van der Waals surface area contributed by atoms with Gasteiger partial charge in [-0.3, -0.25) is 9.78 Å². The summed E-state index contributed by atoms with van der Waals surface area (Å²) in [6, 6.07) is 5.31. The van der Waals surface area contributed by atoms with E-state index < -0.39 is 11.9 Å². The highest BCUT2D eigenvalue weighted by molar-refractivity contribution is 5.75. The van der Waals surface area contributed by atoms with Gasteiger partial charge in [0.05, 0.1) is 11.6 Å². The molecule has 3 nitrogen and oxygen atoms in total. The second kappa shape index (κ2) is 3.85. The molecule has 1 aromatic heterocycles. The topological polar surface area (TPSA) is 50.2 Å². The first-order valence-electron chi connectivity index (χ1n) is 3.89. The maximum absolute atomic E-state index is 10.7. The third-order valence-electron chi connectivity index (χ3n) is 1.75. The number of carbonyl (C=O) groups is 1. The molecule has 0 saturated heterocycles. The number of aliphatic carboxylic acids is 1. The third-order valence-corrected chi connectivity index (χ3v) is 1.75. The van der Waals surface area contributed by atoms with Crippen LogP contribution in [0.1, 0.15) is 25.0 Å². The van der Waals surface area contributed by atoms with Crippen LogP contribution in [0.4, 0.5) is 0 Å². The fourth-order valence-electron chi connectivity index (χ4n) is 1.09. The molecule has 0 aromatic carbocycles. The lowest BCUT2D eigenvalue weighted by Crippen LogP contribution is -2.11. The van der Waals surface area contributed by atoms with Gasteiger partial charge in [-0.15, -0.1) is 0 Å². The highest BCUT2D eigenvalue weighted by atomic mass is 16.4. The highest BCUT2D eigenvalue weighted by Gasteiger charge is 2.17. The van der Waals surface area contributed by atoms with Gasteiger partial charge in [-0.25, -0.2) is 0 Å². The van der Waals surface area contributed by atoms with Crippen molar-refractivity contribution in [2.24, 2.45) is 0 Å². The van der Waals surface area contributed by atoms with Crippen molar-refractivity contribution in [3.8, 4) is 0 Å². The number of aromatic nitrogens is 1. The number of pyridine rings is 1. The Morgan fingerprint density at radius 3 is 2.83 bits per heavy atom. The number of hydrogen-bond acceptors (Lipinski definition) is 2. The first-order valence-corrected chi connectivity index (χ1v) is 3.89. The third kappa shape index (κ3) is 1.81. The molecule has 0 saturated carbocycles. The summed E-state index contributed by atoms with van der Waals surface area (Å²) in [4.78, 5) is 14.7. The Hall–Kier alpha value is -1.38. The Kier molecular flexibility index (Phi) is 2.80. The Balaban J connectivity index is 2.88. The van der Waals surface area contributed by atoms with Gasteiger partial charge in [-0.05, 0) is 18.6 Å². The molecular weight excluding hydrogens is 154 g/mol. The van der Waals surface area contributed by atoms with Crippen molar-refractivity contribution in [1.82, 2.24) is 4.98 Å². The van der Waals surface area contributed by atoms with Crippen LogP contribution in [0.2, 0.25) is 0 Å². The van der Waals surface area contributed by atoms with Crippen molar-refractivity contribution in [2.75, 3.05) is 0 Å².